The predicted molar refractivity (Wildman–Crippen MR) is 81.8 cm³/mol. The number of rotatable bonds is 3. The van der Waals surface area contributed by atoms with Gasteiger partial charge in [0, 0.05) is 44.2 Å². The molecule has 2 N–H and O–H groups in total. The lowest BCUT2D eigenvalue weighted by Gasteiger charge is -2.38. The highest BCUT2D eigenvalue weighted by molar-refractivity contribution is 5.89. The van der Waals surface area contributed by atoms with E-state index in [1.54, 1.807) is 6.33 Å². The van der Waals surface area contributed by atoms with Crippen LogP contribution in [0.1, 0.15) is 6.92 Å². The third kappa shape index (κ3) is 2.46. The predicted octanol–water partition coefficient (Wildman–Crippen LogP) is 1.10. The zero-order valence-corrected chi connectivity index (χ0v) is 11.9. The summed E-state index contributed by atoms with van der Waals surface area (Å²) in [5.74, 6) is 1.05. The summed E-state index contributed by atoms with van der Waals surface area (Å²) in [5, 5.41) is 1.13. The maximum Gasteiger partial charge on any atom is 0.139 e. The molecule has 1 aliphatic heterocycles. The van der Waals surface area contributed by atoms with Crippen molar-refractivity contribution in [3.8, 4) is 0 Å². The Morgan fingerprint density at radius 2 is 1.90 bits per heavy atom. The number of piperazine rings is 1. The van der Waals surface area contributed by atoms with Crippen molar-refractivity contribution < 1.29 is 0 Å². The van der Waals surface area contributed by atoms with E-state index in [4.69, 9.17) is 5.73 Å². The van der Waals surface area contributed by atoms with Crippen LogP contribution in [0.3, 0.4) is 0 Å². The number of hydrogen-bond acceptors (Lipinski definition) is 5. The Kier molecular flexibility index (Phi) is 3.80. The summed E-state index contributed by atoms with van der Waals surface area (Å²) in [6.45, 7) is 6.97. The lowest BCUT2D eigenvalue weighted by molar-refractivity contribution is 0.201. The molecule has 0 spiro atoms. The zero-order chi connectivity index (χ0) is 13.9. The van der Waals surface area contributed by atoms with Crippen molar-refractivity contribution in [2.45, 2.75) is 13.0 Å². The number of nitrogens with two attached hydrogens (primary N) is 1. The second kappa shape index (κ2) is 5.73. The van der Waals surface area contributed by atoms with E-state index in [0.717, 1.165) is 49.4 Å². The Morgan fingerprint density at radius 1 is 1.15 bits per heavy atom. The molecule has 0 bridgehead atoms. The average Bonchev–Trinajstić information content (AvgIpc) is 2.54. The normalized spacial score (nSPS) is 18.4. The quantitative estimate of drug-likeness (QED) is 0.906. The molecule has 5 heteroatoms. The van der Waals surface area contributed by atoms with Gasteiger partial charge in [-0.15, -0.1) is 0 Å². The van der Waals surface area contributed by atoms with E-state index in [2.05, 4.69) is 32.8 Å². The van der Waals surface area contributed by atoms with Gasteiger partial charge in [0.2, 0.25) is 0 Å². The Bertz CT molecular complexity index is 572. The van der Waals surface area contributed by atoms with E-state index in [-0.39, 0.29) is 0 Å². The minimum absolute atomic E-state index is 0.458. The number of nitrogens with zero attached hydrogens (tertiary/aromatic N) is 4. The first-order valence-corrected chi connectivity index (χ1v) is 7.18. The van der Waals surface area contributed by atoms with Gasteiger partial charge in [0.15, 0.2) is 0 Å². The average molecular weight is 271 g/mol. The molecule has 1 saturated heterocycles. The molecule has 1 aromatic heterocycles. The Morgan fingerprint density at radius 3 is 2.65 bits per heavy atom. The van der Waals surface area contributed by atoms with E-state index in [1.165, 1.54) is 0 Å². The summed E-state index contributed by atoms with van der Waals surface area (Å²) in [4.78, 5) is 13.6. The second-order valence-electron chi connectivity index (χ2n) is 5.32. The Labute approximate surface area is 119 Å². The smallest absolute Gasteiger partial charge is 0.139 e. The monoisotopic (exact) mass is 271 g/mol. The molecule has 3 rings (SSSR count). The number of para-hydroxylation sites is 1. The number of aromatic nitrogens is 2. The molecule has 1 aliphatic rings. The molecule has 0 saturated carbocycles. The number of fused-ring (bicyclic) bond motifs is 1. The van der Waals surface area contributed by atoms with Crippen molar-refractivity contribution in [1.29, 1.82) is 0 Å². The van der Waals surface area contributed by atoms with Crippen molar-refractivity contribution in [2.24, 2.45) is 5.73 Å². The summed E-state index contributed by atoms with van der Waals surface area (Å²) in [6.07, 6.45) is 1.66. The molecule has 5 nitrogen and oxygen atoms in total. The molecule has 2 aromatic rings. The van der Waals surface area contributed by atoms with Crippen molar-refractivity contribution in [3.63, 3.8) is 0 Å². The number of hydrogen-bond donors (Lipinski definition) is 1. The number of anilines is 1. The minimum atomic E-state index is 0.458. The molecule has 20 heavy (non-hydrogen) atoms. The van der Waals surface area contributed by atoms with Gasteiger partial charge in [-0.25, -0.2) is 9.97 Å². The van der Waals surface area contributed by atoms with E-state index in [1.807, 2.05) is 18.2 Å². The third-order valence-corrected chi connectivity index (χ3v) is 4.10. The number of benzene rings is 1. The fourth-order valence-corrected chi connectivity index (χ4v) is 2.77. The third-order valence-electron chi connectivity index (χ3n) is 4.10. The maximum atomic E-state index is 5.75. The molecule has 1 fully saturated rings. The van der Waals surface area contributed by atoms with Crippen LogP contribution in [0.2, 0.25) is 0 Å². The van der Waals surface area contributed by atoms with Crippen molar-refractivity contribution in [3.05, 3.63) is 30.6 Å². The fraction of sp³-hybridized carbons (Fsp3) is 0.467. The van der Waals surface area contributed by atoms with Crippen LogP contribution in [-0.4, -0.2) is 53.6 Å². The first-order chi connectivity index (χ1) is 9.79. The molecule has 1 atom stereocenters. The van der Waals surface area contributed by atoms with Crippen LogP contribution >= 0.6 is 0 Å². The van der Waals surface area contributed by atoms with Crippen molar-refractivity contribution in [2.75, 3.05) is 37.6 Å². The van der Waals surface area contributed by atoms with Gasteiger partial charge < -0.3 is 10.6 Å². The van der Waals surface area contributed by atoms with Crippen LogP contribution in [0.25, 0.3) is 10.9 Å². The molecule has 0 radical (unpaired) electrons. The molecule has 0 amide bonds. The Hall–Kier alpha value is -1.72. The topological polar surface area (TPSA) is 58.3 Å². The van der Waals surface area contributed by atoms with Gasteiger partial charge >= 0.3 is 0 Å². The summed E-state index contributed by atoms with van der Waals surface area (Å²) >= 11 is 0. The first-order valence-electron chi connectivity index (χ1n) is 7.18. The van der Waals surface area contributed by atoms with E-state index >= 15 is 0 Å². The van der Waals surface area contributed by atoms with Crippen LogP contribution in [-0.2, 0) is 0 Å². The lowest BCUT2D eigenvalue weighted by Crippen LogP contribution is -2.51. The van der Waals surface area contributed by atoms with E-state index in [9.17, 15) is 0 Å². The molecular weight excluding hydrogens is 250 g/mol. The molecular formula is C15H21N5. The van der Waals surface area contributed by atoms with Crippen LogP contribution in [0.5, 0.6) is 0 Å². The summed E-state index contributed by atoms with van der Waals surface area (Å²) < 4.78 is 0. The molecule has 0 aliphatic carbocycles. The zero-order valence-electron chi connectivity index (χ0n) is 11.9. The van der Waals surface area contributed by atoms with Gasteiger partial charge in [-0.1, -0.05) is 12.1 Å². The van der Waals surface area contributed by atoms with E-state index in [0.29, 0.717) is 6.04 Å². The van der Waals surface area contributed by atoms with Crippen LogP contribution in [0.4, 0.5) is 5.82 Å². The van der Waals surface area contributed by atoms with Gasteiger partial charge in [-0.3, -0.25) is 4.90 Å². The van der Waals surface area contributed by atoms with Crippen molar-refractivity contribution in [1.82, 2.24) is 14.9 Å². The fourth-order valence-electron chi connectivity index (χ4n) is 2.77. The van der Waals surface area contributed by atoms with Gasteiger partial charge in [0.1, 0.15) is 12.1 Å². The largest absolute Gasteiger partial charge is 0.353 e. The van der Waals surface area contributed by atoms with Crippen LogP contribution in [0.15, 0.2) is 30.6 Å². The van der Waals surface area contributed by atoms with Gasteiger partial charge in [-0.2, -0.15) is 0 Å². The van der Waals surface area contributed by atoms with Gasteiger partial charge in [0.05, 0.1) is 5.52 Å². The standard InChI is InChI=1S/C15H21N5/c1-12(10-16)19-6-8-20(9-7-19)15-13-4-2-3-5-14(13)17-11-18-15/h2-5,11-12H,6-10,16H2,1H3. The highest BCUT2D eigenvalue weighted by Crippen LogP contribution is 2.23. The SMILES string of the molecule is CC(CN)N1CCN(c2ncnc3ccccc23)CC1. The maximum absolute atomic E-state index is 5.75. The highest BCUT2D eigenvalue weighted by atomic mass is 15.3. The first kappa shape index (κ1) is 13.3. The highest BCUT2D eigenvalue weighted by Gasteiger charge is 2.22. The van der Waals surface area contributed by atoms with Crippen LogP contribution in [0, 0.1) is 0 Å². The second-order valence-corrected chi connectivity index (χ2v) is 5.32. The van der Waals surface area contributed by atoms with E-state index < -0.39 is 0 Å². The Balaban J connectivity index is 1.80. The lowest BCUT2D eigenvalue weighted by atomic mass is 10.2. The molecule has 106 valence electrons. The molecule has 1 aromatic carbocycles. The minimum Gasteiger partial charge on any atom is -0.353 e. The molecule has 1 unspecified atom stereocenters. The van der Waals surface area contributed by atoms with Gasteiger partial charge in [0.25, 0.3) is 0 Å². The summed E-state index contributed by atoms with van der Waals surface area (Å²) in [7, 11) is 0. The summed E-state index contributed by atoms with van der Waals surface area (Å²) in [6, 6.07) is 8.65. The van der Waals surface area contributed by atoms with Gasteiger partial charge in [-0.05, 0) is 19.1 Å². The van der Waals surface area contributed by atoms with Crippen LogP contribution < -0.4 is 10.6 Å². The van der Waals surface area contributed by atoms with Crippen molar-refractivity contribution >= 4 is 16.7 Å². The summed E-state index contributed by atoms with van der Waals surface area (Å²) in [5.41, 5.74) is 6.76. The molecule has 2 heterocycles.